The van der Waals surface area contributed by atoms with Crippen LogP contribution in [0.5, 0.6) is 0 Å². The molecule has 25 heavy (non-hydrogen) atoms. The molecule has 8 heteroatoms. The number of guanidine groups is 1. The molecule has 1 rings (SSSR count). The minimum absolute atomic E-state index is 0. The Morgan fingerprint density at radius 2 is 1.88 bits per heavy atom. The summed E-state index contributed by atoms with van der Waals surface area (Å²) >= 11 is 0. The van der Waals surface area contributed by atoms with Gasteiger partial charge in [0, 0.05) is 33.4 Å². The molecule has 0 spiro atoms. The van der Waals surface area contributed by atoms with Gasteiger partial charge in [-0.05, 0) is 25.7 Å². The molecule has 0 aromatic carbocycles. The molecule has 0 aliphatic rings. The van der Waals surface area contributed by atoms with Gasteiger partial charge >= 0.3 is 0 Å². The van der Waals surface area contributed by atoms with Gasteiger partial charge in [-0.25, -0.2) is 4.99 Å². The number of nitrogens with zero attached hydrogens (tertiary/aromatic N) is 4. The van der Waals surface area contributed by atoms with E-state index in [-0.39, 0.29) is 24.0 Å². The monoisotopic (exact) mass is 466 g/mol. The molecule has 2 N–H and O–H groups in total. The lowest BCUT2D eigenvalue weighted by atomic mass is 10.2. The van der Waals surface area contributed by atoms with Crippen molar-refractivity contribution in [2.24, 2.45) is 18.0 Å². The molecule has 0 unspecified atom stereocenters. The Morgan fingerprint density at radius 1 is 1.20 bits per heavy atom. The summed E-state index contributed by atoms with van der Waals surface area (Å²) in [7, 11) is 1.96. The highest BCUT2D eigenvalue weighted by Gasteiger charge is 2.05. The van der Waals surface area contributed by atoms with Crippen LogP contribution in [-0.4, -0.2) is 47.0 Å². The number of hydrogen-bond donors (Lipinski definition) is 2. The first kappa shape index (κ1) is 24.1. The number of ether oxygens (including phenoxy) is 1. The summed E-state index contributed by atoms with van der Waals surface area (Å²) in [6, 6.07) is 0. The third-order valence-electron chi connectivity index (χ3n) is 3.59. The fourth-order valence-corrected chi connectivity index (χ4v) is 2.00. The van der Waals surface area contributed by atoms with Crippen molar-refractivity contribution in [1.29, 1.82) is 0 Å². The number of nitrogens with one attached hydrogen (secondary N) is 2. The van der Waals surface area contributed by atoms with Crippen LogP contribution in [0, 0.1) is 12.8 Å². The number of unbranched alkanes of at least 4 members (excludes halogenated alkanes) is 1. The summed E-state index contributed by atoms with van der Waals surface area (Å²) in [5, 5.41) is 14.9. The second-order valence-electron chi connectivity index (χ2n) is 6.42. The van der Waals surface area contributed by atoms with Gasteiger partial charge in [0.15, 0.2) is 11.8 Å². The van der Waals surface area contributed by atoms with E-state index in [0.717, 1.165) is 63.2 Å². The van der Waals surface area contributed by atoms with Crippen LogP contribution in [0.4, 0.5) is 0 Å². The molecule has 0 aliphatic heterocycles. The quantitative estimate of drug-likeness (QED) is 0.227. The highest BCUT2D eigenvalue weighted by Crippen LogP contribution is 1.99. The fourth-order valence-electron chi connectivity index (χ4n) is 2.00. The number of halogens is 1. The molecule has 1 aromatic rings. The molecule has 0 fully saturated rings. The fraction of sp³-hybridized carbons (Fsp3) is 0.824. The summed E-state index contributed by atoms with van der Waals surface area (Å²) in [6.45, 7) is 12.3. The molecule has 1 aromatic heterocycles. The molecule has 0 radical (unpaired) electrons. The zero-order chi connectivity index (χ0) is 17.8. The normalized spacial score (nSPS) is 11.5. The molecule has 0 aliphatic carbocycles. The van der Waals surface area contributed by atoms with Crippen LogP contribution in [0.1, 0.15) is 51.7 Å². The van der Waals surface area contributed by atoms with Gasteiger partial charge in [-0.2, -0.15) is 0 Å². The van der Waals surface area contributed by atoms with E-state index in [1.54, 1.807) is 0 Å². The lowest BCUT2D eigenvalue weighted by Gasteiger charge is -2.13. The molecule has 0 atom stereocenters. The van der Waals surface area contributed by atoms with Crippen molar-refractivity contribution in [2.75, 3.05) is 26.3 Å². The summed E-state index contributed by atoms with van der Waals surface area (Å²) in [5.74, 6) is 3.17. The number of hydrogen-bond acceptors (Lipinski definition) is 4. The van der Waals surface area contributed by atoms with E-state index in [2.05, 4.69) is 46.6 Å². The third kappa shape index (κ3) is 10.6. The van der Waals surface area contributed by atoms with Gasteiger partial charge in [0.2, 0.25) is 0 Å². The van der Waals surface area contributed by atoms with Crippen molar-refractivity contribution in [3.63, 3.8) is 0 Å². The number of rotatable bonds is 11. The molecular weight excluding hydrogens is 431 g/mol. The first-order valence-corrected chi connectivity index (χ1v) is 8.99. The van der Waals surface area contributed by atoms with Crippen molar-refractivity contribution >= 4 is 29.9 Å². The van der Waals surface area contributed by atoms with E-state index in [1.165, 1.54) is 0 Å². The zero-order valence-electron chi connectivity index (χ0n) is 16.3. The summed E-state index contributed by atoms with van der Waals surface area (Å²) < 4.78 is 7.57. The molecule has 0 amide bonds. The number of aromatic nitrogens is 3. The van der Waals surface area contributed by atoms with E-state index in [4.69, 9.17) is 4.74 Å². The van der Waals surface area contributed by atoms with Crippen LogP contribution >= 0.6 is 24.0 Å². The molecule has 146 valence electrons. The Bertz CT molecular complexity index is 489. The maximum Gasteiger partial charge on any atom is 0.191 e. The second kappa shape index (κ2) is 14.3. The van der Waals surface area contributed by atoms with Crippen LogP contribution in [-0.2, 0) is 18.3 Å². The highest BCUT2D eigenvalue weighted by molar-refractivity contribution is 14.0. The van der Waals surface area contributed by atoms with Crippen molar-refractivity contribution in [3.8, 4) is 0 Å². The maximum atomic E-state index is 5.60. The average Bonchev–Trinajstić information content (AvgIpc) is 2.86. The average molecular weight is 466 g/mol. The number of aliphatic imine (C=N–C) groups is 1. The first-order valence-electron chi connectivity index (χ1n) is 8.99. The maximum absolute atomic E-state index is 5.60. The van der Waals surface area contributed by atoms with E-state index < -0.39 is 0 Å². The van der Waals surface area contributed by atoms with Crippen molar-refractivity contribution in [2.45, 2.75) is 53.5 Å². The molecule has 0 saturated carbocycles. The van der Waals surface area contributed by atoms with Crippen LogP contribution < -0.4 is 10.6 Å². The van der Waals surface area contributed by atoms with Gasteiger partial charge in [-0.15, -0.1) is 34.2 Å². The second-order valence-corrected chi connectivity index (χ2v) is 6.42. The summed E-state index contributed by atoms with van der Waals surface area (Å²) in [4.78, 5) is 4.62. The van der Waals surface area contributed by atoms with Gasteiger partial charge in [-0.3, -0.25) is 0 Å². The van der Waals surface area contributed by atoms with Gasteiger partial charge in [0.25, 0.3) is 0 Å². The SMILES string of the molecule is CCCCNC(=NCc1nnc(C)n1C)NCCCOCC(C)C.I. The highest BCUT2D eigenvalue weighted by atomic mass is 127. The van der Waals surface area contributed by atoms with Crippen LogP contribution in [0.3, 0.4) is 0 Å². The Kier molecular flexibility index (Phi) is 13.8. The summed E-state index contributed by atoms with van der Waals surface area (Å²) in [5.41, 5.74) is 0. The Balaban J connectivity index is 0.00000576. The van der Waals surface area contributed by atoms with Gasteiger partial charge < -0.3 is 19.9 Å². The lowest BCUT2D eigenvalue weighted by molar-refractivity contribution is 0.108. The van der Waals surface area contributed by atoms with Gasteiger partial charge in [0.1, 0.15) is 12.4 Å². The smallest absolute Gasteiger partial charge is 0.191 e. The van der Waals surface area contributed by atoms with Gasteiger partial charge in [0.05, 0.1) is 0 Å². The van der Waals surface area contributed by atoms with Crippen LogP contribution in [0.25, 0.3) is 0 Å². The van der Waals surface area contributed by atoms with Crippen LogP contribution in [0.2, 0.25) is 0 Å². The predicted octanol–water partition coefficient (Wildman–Crippen LogP) is 2.64. The van der Waals surface area contributed by atoms with E-state index in [0.29, 0.717) is 12.5 Å². The molecule has 7 nitrogen and oxygen atoms in total. The largest absolute Gasteiger partial charge is 0.381 e. The molecule has 0 saturated heterocycles. The van der Waals surface area contributed by atoms with E-state index >= 15 is 0 Å². The molecule has 1 heterocycles. The minimum Gasteiger partial charge on any atom is -0.381 e. The van der Waals surface area contributed by atoms with Crippen LogP contribution in [0.15, 0.2) is 4.99 Å². The topological polar surface area (TPSA) is 76.4 Å². The number of aryl methyl sites for hydroxylation is 1. The molecule has 0 bridgehead atoms. The van der Waals surface area contributed by atoms with Crippen molar-refractivity contribution in [1.82, 2.24) is 25.4 Å². The molecular formula is C17H35IN6O. The Morgan fingerprint density at radius 3 is 2.44 bits per heavy atom. The third-order valence-corrected chi connectivity index (χ3v) is 3.59. The lowest BCUT2D eigenvalue weighted by Crippen LogP contribution is -2.38. The minimum atomic E-state index is 0. The van der Waals surface area contributed by atoms with Crippen molar-refractivity contribution in [3.05, 3.63) is 11.6 Å². The Hall–Kier alpha value is -0.900. The predicted molar refractivity (Wildman–Crippen MR) is 113 cm³/mol. The first-order chi connectivity index (χ1) is 11.5. The standard InChI is InChI=1S/C17H34N6O.HI/c1-6-7-9-18-17(19-10-8-11-24-13-14(2)3)20-12-16-22-21-15(4)23(16)5;/h14H,6-13H2,1-5H3,(H2,18,19,20);1H. The van der Waals surface area contributed by atoms with Crippen molar-refractivity contribution < 1.29 is 4.74 Å². The van der Waals surface area contributed by atoms with E-state index in [1.807, 2.05) is 18.5 Å². The summed E-state index contributed by atoms with van der Waals surface area (Å²) in [6.07, 6.45) is 3.25. The Labute approximate surface area is 169 Å². The zero-order valence-corrected chi connectivity index (χ0v) is 18.7. The van der Waals surface area contributed by atoms with E-state index in [9.17, 15) is 0 Å². The van der Waals surface area contributed by atoms with Gasteiger partial charge in [-0.1, -0.05) is 27.2 Å².